The molecule has 1 aromatic heterocycles. The second kappa shape index (κ2) is 8.26. The van der Waals surface area contributed by atoms with E-state index in [1.807, 2.05) is 24.3 Å². The maximum atomic E-state index is 13.2. The average molecular weight is 442 g/mol. The van der Waals surface area contributed by atoms with Crippen molar-refractivity contribution in [2.45, 2.75) is 45.1 Å². The predicted octanol–water partition coefficient (Wildman–Crippen LogP) is 5.15. The predicted molar refractivity (Wildman–Crippen MR) is 124 cm³/mol. The van der Waals surface area contributed by atoms with Crippen LogP contribution < -0.4 is 10.6 Å². The van der Waals surface area contributed by atoms with E-state index >= 15 is 0 Å². The van der Waals surface area contributed by atoms with Gasteiger partial charge in [-0.2, -0.15) is 0 Å². The first-order valence-electron chi connectivity index (χ1n) is 10.7. The third-order valence-electron chi connectivity index (χ3n) is 6.39. The molecule has 156 valence electrons. The molecule has 0 fully saturated rings. The van der Waals surface area contributed by atoms with Gasteiger partial charge in [0.05, 0.1) is 15.6 Å². The molecule has 0 bridgehead atoms. The highest BCUT2D eigenvalue weighted by Crippen LogP contribution is 2.37. The number of aromatic nitrogens is 1. The Bertz CT molecular complexity index is 1140. The minimum atomic E-state index is -0.0260. The van der Waals surface area contributed by atoms with E-state index in [9.17, 15) is 4.79 Å². The van der Waals surface area contributed by atoms with Gasteiger partial charge >= 0.3 is 0 Å². The molecular weight excluding hydrogens is 417 g/mol. The van der Waals surface area contributed by atoms with E-state index in [2.05, 4.69) is 21.3 Å². The van der Waals surface area contributed by atoms with Crippen molar-refractivity contribution in [2.75, 3.05) is 18.4 Å². The molecule has 2 aliphatic rings. The first-order chi connectivity index (χ1) is 14.6. The number of amides is 1. The van der Waals surface area contributed by atoms with Crippen molar-refractivity contribution in [3.8, 4) is 0 Å². The van der Waals surface area contributed by atoms with Crippen LogP contribution in [-0.4, -0.2) is 23.6 Å². The van der Waals surface area contributed by atoms with Crippen LogP contribution in [0.1, 0.15) is 35.2 Å². The summed E-state index contributed by atoms with van der Waals surface area (Å²) in [4.78, 5) is 13.2. The summed E-state index contributed by atoms with van der Waals surface area (Å²) in [6.07, 6.45) is 6.25. The van der Waals surface area contributed by atoms with Crippen molar-refractivity contribution in [1.82, 2.24) is 9.88 Å². The van der Waals surface area contributed by atoms with Crippen molar-refractivity contribution < 1.29 is 4.79 Å². The van der Waals surface area contributed by atoms with Crippen molar-refractivity contribution in [1.29, 1.82) is 0 Å². The SMILES string of the molecule is O=C(Cn1c2c(c3c(Cl)ccc(Cl)c31)CCNCC2)Nc1cccc2c1CCCC2. The smallest absolute Gasteiger partial charge is 0.244 e. The quantitative estimate of drug-likeness (QED) is 0.589. The third kappa shape index (κ3) is 3.51. The summed E-state index contributed by atoms with van der Waals surface area (Å²) < 4.78 is 2.08. The molecule has 5 rings (SSSR count). The number of hydrogen-bond acceptors (Lipinski definition) is 2. The van der Waals surface area contributed by atoms with Crippen LogP contribution in [0, 0.1) is 0 Å². The maximum absolute atomic E-state index is 13.2. The molecule has 0 unspecified atom stereocenters. The second-order valence-corrected chi connectivity index (χ2v) is 9.03. The monoisotopic (exact) mass is 441 g/mol. The lowest BCUT2D eigenvalue weighted by molar-refractivity contribution is -0.116. The third-order valence-corrected chi connectivity index (χ3v) is 7.01. The van der Waals surface area contributed by atoms with Crippen LogP contribution in [-0.2, 0) is 37.0 Å². The first kappa shape index (κ1) is 19.9. The van der Waals surface area contributed by atoms with E-state index in [0.717, 1.165) is 61.1 Å². The standard InChI is InChI=1S/C24H25Cl2N3O/c25-18-8-9-19(26)24-23(18)17-10-12-27-13-11-21(17)29(24)14-22(30)28-20-7-3-5-15-4-1-2-6-16(15)20/h3,5,7-9,27H,1-2,4,6,10-14H2,(H,28,30). The van der Waals surface area contributed by atoms with Crippen LogP contribution in [0.3, 0.4) is 0 Å². The van der Waals surface area contributed by atoms with Gasteiger partial charge in [-0.15, -0.1) is 0 Å². The average Bonchev–Trinajstić information content (AvgIpc) is 2.89. The maximum Gasteiger partial charge on any atom is 0.244 e. The molecular formula is C24H25Cl2N3O. The molecule has 0 atom stereocenters. The number of carbonyl (C=O) groups excluding carboxylic acids is 1. The van der Waals surface area contributed by atoms with Gasteiger partial charge in [-0.3, -0.25) is 4.79 Å². The minimum Gasteiger partial charge on any atom is -0.334 e. The van der Waals surface area contributed by atoms with Gasteiger partial charge in [-0.1, -0.05) is 35.3 Å². The van der Waals surface area contributed by atoms with E-state index in [1.165, 1.54) is 29.5 Å². The zero-order chi connectivity index (χ0) is 20.7. The Morgan fingerprint density at radius 2 is 1.77 bits per heavy atom. The molecule has 4 nitrogen and oxygen atoms in total. The van der Waals surface area contributed by atoms with Crippen LogP contribution in [0.4, 0.5) is 5.69 Å². The summed E-state index contributed by atoms with van der Waals surface area (Å²) in [7, 11) is 0. The van der Waals surface area contributed by atoms with E-state index in [4.69, 9.17) is 23.2 Å². The van der Waals surface area contributed by atoms with Crippen molar-refractivity contribution in [3.05, 3.63) is 62.8 Å². The molecule has 3 aromatic rings. The lowest BCUT2D eigenvalue weighted by Crippen LogP contribution is -2.22. The molecule has 0 radical (unpaired) electrons. The Morgan fingerprint density at radius 1 is 0.967 bits per heavy atom. The molecule has 0 spiro atoms. The molecule has 1 amide bonds. The van der Waals surface area contributed by atoms with E-state index < -0.39 is 0 Å². The van der Waals surface area contributed by atoms with Gasteiger partial charge in [0.15, 0.2) is 0 Å². The number of rotatable bonds is 3. The van der Waals surface area contributed by atoms with E-state index in [-0.39, 0.29) is 12.5 Å². The van der Waals surface area contributed by atoms with E-state index in [1.54, 1.807) is 0 Å². The first-order valence-corrected chi connectivity index (χ1v) is 11.5. The van der Waals surface area contributed by atoms with Gasteiger partial charge in [0.25, 0.3) is 0 Å². The number of carbonyl (C=O) groups is 1. The molecule has 0 saturated heterocycles. The topological polar surface area (TPSA) is 46.1 Å². The fourth-order valence-corrected chi connectivity index (χ4v) is 5.57. The number of aryl methyl sites for hydroxylation is 1. The summed E-state index contributed by atoms with van der Waals surface area (Å²) in [5.41, 5.74) is 6.85. The Kier molecular flexibility index (Phi) is 5.48. The minimum absolute atomic E-state index is 0.0260. The Hall–Kier alpha value is -2.01. The van der Waals surface area contributed by atoms with Crippen molar-refractivity contribution in [2.24, 2.45) is 0 Å². The molecule has 1 aliphatic heterocycles. The highest BCUT2D eigenvalue weighted by Gasteiger charge is 2.24. The number of hydrogen-bond donors (Lipinski definition) is 2. The van der Waals surface area contributed by atoms with Gasteiger partial charge in [-0.05, 0) is 73.5 Å². The summed E-state index contributed by atoms with van der Waals surface area (Å²) in [5, 5.41) is 8.95. The van der Waals surface area contributed by atoms with Gasteiger partial charge in [0.2, 0.25) is 5.91 Å². The summed E-state index contributed by atoms with van der Waals surface area (Å²) >= 11 is 13.2. The van der Waals surface area contributed by atoms with Crippen LogP contribution in [0.25, 0.3) is 10.9 Å². The Balaban J connectivity index is 1.52. The zero-order valence-corrected chi connectivity index (χ0v) is 18.4. The molecule has 1 aliphatic carbocycles. The molecule has 30 heavy (non-hydrogen) atoms. The molecule has 2 N–H and O–H groups in total. The van der Waals surface area contributed by atoms with Crippen molar-refractivity contribution in [3.63, 3.8) is 0 Å². The molecule has 2 aromatic carbocycles. The van der Waals surface area contributed by atoms with Crippen molar-refractivity contribution >= 4 is 45.7 Å². The highest BCUT2D eigenvalue weighted by atomic mass is 35.5. The van der Waals surface area contributed by atoms with E-state index in [0.29, 0.717) is 10.0 Å². The lowest BCUT2D eigenvalue weighted by atomic mass is 9.90. The number of halogens is 2. The number of nitrogens with zero attached hydrogens (tertiary/aromatic N) is 1. The number of anilines is 1. The van der Waals surface area contributed by atoms with Gasteiger partial charge in [-0.25, -0.2) is 0 Å². The van der Waals surface area contributed by atoms with Gasteiger partial charge < -0.3 is 15.2 Å². The second-order valence-electron chi connectivity index (χ2n) is 8.21. The normalized spacial score (nSPS) is 16.1. The van der Waals surface area contributed by atoms with Crippen LogP contribution in [0.2, 0.25) is 10.0 Å². The van der Waals surface area contributed by atoms with Crippen LogP contribution >= 0.6 is 23.2 Å². The lowest BCUT2D eigenvalue weighted by Gasteiger charge is -2.20. The summed E-state index contributed by atoms with van der Waals surface area (Å²) in [6, 6.07) is 9.92. The van der Waals surface area contributed by atoms with Crippen LogP contribution in [0.15, 0.2) is 30.3 Å². The van der Waals surface area contributed by atoms with Gasteiger partial charge in [0.1, 0.15) is 6.54 Å². The number of benzene rings is 2. The zero-order valence-electron chi connectivity index (χ0n) is 16.9. The van der Waals surface area contributed by atoms with Crippen LogP contribution in [0.5, 0.6) is 0 Å². The van der Waals surface area contributed by atoms with Gasteiger partial charge in [0, 0.05) is 29.7 Å². The Morgan fingerprint density at radius 3 is 2.67 bits per heavy atom. The Labute approximate surface area is 186 Å². The fourth-order valence-electron chi connectivity index (χ4n) is 5.04. The highest BCUT2D eigenvalue weighted by molar-refractivity contribution is 6.40. The largest absolute Gasteiger partial charge is 0.334 e. The summed E-state index contributed by atoms with van der Waals surface area (Å²) in [6.45, 7) is 2.01. The summed E-state index contributed by atoms with van der Waals surface area (Å²) in [5.74, 6) is -0.0260. The molecule has 2 heterocycles. The fraction of sp³-hybridized carbons (Fsp3) is 0.375. The molecule has 0 saturated carbocycles. The number of nitrogens with one attached hydrogen (secondary N) is 2. The number of fused-ring (bicyclic) bond motifs is 4. The molecule has 6 heteroatoms.